The molecule has 11 heteroatoms. The maximum absolute atomic E-state index is 12.9. The summed E-state index contributed by atoms with van der Waals surface area (Å²) >= 11 is 0. The minimum absolute atomic E-state index is 0.174. The van der Waals surface area contributed by atoms with Crippen molar-refractivity contribution in [2.45, 2.75) is 11.8 Å². The number of nitrogens with one attached hydrogen (secondary N) is 1. The molecular formula is C15H17N7O3S. The van der Waals surface area contributed by atoms with Gasteiger partial charge in [0.25, 0.3) is 5.89 Å². The third-order valence-electron chi connectivity index (χ3n) is 4.12. The van der Waals surface area contributed by atoms with Crippen LogP contribution in [0.1, 0.15) is 5.89 Å². The largest absolute Gasteiger partial charge is 0.420 e. The predicted octanol–water partition coefficient (Wildman–Crippen LogP) is 0.674. The zero-order valence-corrected chi connectivity index (χ0v) is 14.8. The van der Waals surface area contributed by atoms with Crippen molar-refractivity contribution in [2.75, 3.05) is 31.1 Å². The lowest BCUT2D eigenvalue weighted by atomic mass is 10.4. The Kier molecular flexibility index (Phi) is 4.17. The number of nitrogens with zero attached hydrogens (tertiary/aromatic N) is 6. The highest BCUT2D eigenvalue weighted by atomic mass is 32.2. The zero-order chi connectivity index (χ0) is 18.1. The third kappa shape index (κ3) is 3.06. The van der Waals surface area contributed by atoms with Crippen molar-refractivity contribution in [3.63, 3.8) is 0 Å². The summed E-state index contributed by atoms with van der Waals surface area (Å²) in [5, 5.41) is 7.64. The van der Waals surface area contributed by atoms with Crippen LogP contribution >= 0.6 is 0 Å². The lowest BCUT2D eigenvalue weighted by molar-refractivity contribution is 0.382. The first-order chi connectivity index (χ1) is 12.5. The fourth-order valence-electron chi connectivity index (χ4n) is 2.78. The van der Waals surface area contributed by atoms with Crippen molar-refractivity contribution < 1.29 is 12.8 Å². The van der Waals surface area contributed by atoms with Gasteiger partial charge in [-0.1, -0.05) is 0 Å². The summed E-state index contributed by atoms with van der Waals surface area (Å²) in [4.78, 5) is 13.4. The molecule has 0 amide bonds. The van der Waals surface area contributed by atoms with Gasteiger partial charge < -0.3 is 14.3 Å². The van der Waals surface area contributed by atoms with Gasteiger partial charge in [0.1, 0.15) is 10.6 Å². The lowest BCUT2D eigenvalue weighted by Crippen LogP contribution is -2.49. The lowest BCUT2D eigenvalue weighted by Gasteiger charge is -2.33. The Morgan fingerprint density at radius 3 is 2.50 bits per heavy atom. The van der Waals surface area contributed by atoms with Gasteiger partial charge in [-0.25, -0.2) is 18.4 Å². The van der Waals surface area contributed by atoms with E-state index in [1.807, 2.05) is 4.90 Å². The topological polar surface area (TPSA) is 121 Å². The molecule has 0 saturated carbocycles. The van der Waals surface area contributed by atoms with Gasteiger partial charge in [0, 0.05) is 51.7 Å². The molecule has 0 spiro atoms. The molecule has 0 aromatic carbocycles. The summed E-state index contributed by atoms with van der Waals surface area (Å²) in [5.41, 5.74) is 0.473. The summed E-state index contributed by atoms with van der Waals surface area (Å²) in [7, 11) is -3.60. The Morgan fingerprint density at radius 2 is 1.85 bits per heavy atom. The van der Waals surface area contributed by atoms with Gasteiger partial charge in [-0.2, -0.15) is 4.31 Å². The molecule has 0 unspecified atom stereocenters. The second-order valence-electron chi connectivity index (χ2n) is 5.82. The smallest absolute Gasteiger partial charge is 0.264 e. The Bertz CT molecular complexity index is 991. The number of H-pyrrole nitrogens is 1. The van der Waals surface area contributed by atoms with Gasteiger partial charge in [0.2, 0.25) is 21.9 Å². The van der Waals surface area contributed by atoms with Gasteiger partial charge in [-0.15, -0.1) is 10.2 Å². The predicted molar refractivity (Wildman–Crippen MR) is 91.8 cm³/mol. The molecule has 0 aliphatic carbocycles. The highest BCUT2D eigenvalue weighted by Crippen LogP contribution is 2.24. The molecule has 1 N–H and O–H groups in total. The molecule has 4 rings (SSSR count). The first kappa shape index (κ1) is 16.7. The van der Waals surface area contributed by atoms with E-state index in [9.17, 15) is 8.42 Å². The highest BCUT2D eigenvalue weighted by molar-refractivity contribution is 7.89. The van der Waals surface area contributed by atoms with E-state index in [-0.39, 0.29) is 10.8 Å². The van der Waals surface area contributed by atoms with Crippen LogP contribution in [0, 0.1) is 6.92 Å². The van der Waals surface area contributed by atoms with Gasteiger partial charge in [-0.3, -0.25) is 0 Å². The van der Waals surface area contributed by atoms with Crippen LogP contribution in [0.4, 0.5) is 5.95 Å². The second kappa shape index (κ2) is 6.50. The molecular weight excluding hydrogens is 358 g/mol. The molecule has 0 radical (unpaired) electrons. The van der Waals surface area contributed by atoms with E-state index in [4.69, 9.17) is 4.42 Å². The molecule has 1 saturated heterocycles. The number of aromatic amines is 1. The number of sulfonamides is 1. The SMILES string of the molecule is Cc1nnc(-c2cc(S(=O)(=O)N3CCN(c4ncccn4)CC3)c[nH]2)o1. The summed E-state index contributed by atoms with van der Waals surface area (Å²) < 4.78 is 32.5. The Morgan fingerprint density at radius 1 is 1.12 bits per heavy atom. The number of piperazine rings is 1. The Hall–Kier alpha value is -2.79. The quantitative estimate of drug-likeness (QED) is 0.706. The number of aromatic nitrogens is 5. The minimum Gasteiger partial charge on any atom is -0.420 e. The van der Waals surface area contributed by atoms with E-state index in [1.165, 1.54) is 16.6 Å². The van der Waals surface area contributed by atoms with Crippen LogP contribution in [0.2, 0.25) is 0 Å². The second-order valence-corrected chi connectivity index (χ2v) is 7.75. The molecule has 1 fully saturated rings. The van der Waals surface area contributed by atoms with E-state index in [0.717, 1.165) is 0 Å². The van der Waals surface area contributed by atoms with Crippen molar-refractivity contribution in [3.8, 4) is 11.6 Å². The monoisotopic (exact) mass is 375 g/mol. The standard InChI is InChI=1S/C15H17N7O3S/c1-11-19-20-14(25-11)13-9-12(10-18-13)26(23,24)22-7-5-21(6-8-22)15-16-3-2-4-17-15/h2-4,9-10,18H,5-8H2,1H3. The molecule has 3 aromatic rings. The number of hydrogen-bond acceptors (Lipinski definition) is 8. The summed E-state index contributed by atoms with van der Waals surface area (Å²) in [6.45, 7) is 3.46. The van der Waals surface area contributed by atoms with E-state index in [2.05, 4.69) is 25.1 Å². The number of rotatable bonds is 4. The van der Waals surface area contributed by atoms with Crippen LogP contribution in [0.5, 0.6) is 0 Å². The Labute approximate surface area is 149 Å². The molecule has 1 aliphatic rings. The van der Waals surface area contributed by atoms with Crippen LogP contribution in [0.25, 0.3) is 11.6 Å². The number of aryl methyl sites for hydroxylation is 1. The van der Waals surface area contributed by atoms with Crippen LogP contribution in [0.3, 0.4) is 0 Å². The molecule has 4 heterocycles. The molecule has 3 aromatic heterocycles. The first-order valence-corrected chi connectivity index (χ1v) is 9.49. The van der Waals surface area contributed by atoms with Crippen molar-refractivity contribution >= 4 is 16.0 Å². The van der Waals surface area contributed by atoms with Crippen molar-refractivity contribution in [1.82, 2.24) is 29.5 Å². The van der Waals surface area contributed by atoms with Gasteiger partial charge >= 0.3 is 0 Å². The number of hydrogen-bond donors (Lipinski definition) is 1. The van der Waals surface area contributed by atoms with E-state index in [0.29, 0.717) is 43.7 Å². The number of anilines is 1. The van der Waals surface area contributed by atoms with E-state index >= 15 is 0 Å². The van der Waals surface area contributed by atoms with Crippen molar-refractivity contribution in [3.05, 3.63) is 36.6 Å². The molecule has 136 valence electrons. The molecule has 1 aliphatic heterocycles. The average Bonchev–Trinajstić information content (AvgIpc) is 3.32. The highest BCUT2D eigenvalue weighted by Gasteiger charge is 2.30. The van der Waals surface area contributed by atoms with Crippen LogP contribution in [0.15, 0.2) is 40.0 Å². The summed E-state index contributed by atoms with van der Waals surface area (Å²) in [6, 6.07) is 3.26. The third-order valence-corrected chi connectivity index (χ3v) is 6.00. The molecule has 26 heavy (non-hydrogen) atoms. The summed E-state index contributed by atoms with van der Waals surface area (Å²) in [6.07, 6.45) is 4.79. The Balaban J connectivity index is 1.49. The average molecular weight is 375 g/mol. The van der Waals surface area contributed by atoms with Crippen molar-refractivity contribution in [1.29, 1.82) is 0 Å². The van der Waals surface area contributed by atoms with Gasteiger partial charge in [0.05, 0.1) is 0 Å². The van der Waals surface area contributed by atoms with E-state index < -0.39 is 10.0 Å². The maximum Gasteiger partial charge on any atom is 0.264 e. The molecule has 10 nitrogen and oxygen atoms in total. The normalized spacial score (nSPS) is 16.1. The molecule has 0 atom stereocenters. The van der Waals surface area contributed by atoms with Gasteiger partial charge in [-0.05, 0) is 12.1 Å². The van der Waals surface area contributed by atoms with Crippen LogP contribution < -0.4 is 4.90 Å². The van der Waals surface area contributed by atoms with Gasteiger partial charge in [0.15, 0.2) is 0 Å². The van der Waals surface area contributed by atoms with Crippen LogP contribution in [-0.2, 0) is 10.0 Å². The maximum atomic E-state index is 12.9. The first-order valence-electron chi connectivity index (χ1n) is 8.05. The van der Waals surface area contributed by atoms with E-state index in [1.54, 1.807) is 25.4 Å². The van der Waals surface area contributed by atoms with Crippen LogP contribution in [-0.4, -0.2) is 64.1 Å². The zero-order valence-electron chi connectivity index (χ0n) is 14.0. The molecule has 0 bridgehead atoms. The fraction of sp³-hybridized carbons (Fsp3) is 0.333. The fourth-order valence-corrected chi connectivity index (χ4v) is 4.20. The summed E-state index contributed by atoms with van der Waals surface area (Å²) in [5.74, 6) is 1.29. The van der Waals surface area contributed by atoms with Crippen molar-refractivity contribution in [2.24, 2.45) is 0 Å². The minimum atomic E-state index is -3.60.